The normalized spacial score (nSPS) is 23.0. The molecule has 2 aromatic heterocycles. The first-order valence-corrected chi connectivity index (χ1v) is 29.1. The van der Waals surface area contributed by atoms with E-state index in [2.05, 4.69) is 25.3 Å². The molecule has 5 saturated heterocycles. The van der Waals surface area contributed by atoms with Crippen LogP contribution >= 0.6 is 22.9 Å². The molecule has 5 fully saturated rings. The largest absolute Gasteiger partial charge is 0.462 e. The Bertz CT molecular complexity index is 3450. The number of nitrogen functional groups attached to an aromatic ring is 1. The molecular formula is C60H65ClF4N10O5S. The van der Waals surface area contributed by atoms with Gasteiger partial charge in [0.05, 0.1) is 39.0 Å². The van der Waals surface area contributed by atoms with Crippen molar-refractivity contribution >= 4 is 78.2 Å². The number of piperazine rings is 1. The number of thiophene rings is 1. The number of anilines is 2. The maximum absolute atomic E-state index is 17.4. The monoisotopic (exact) mass is 1150 g/mol. The van der Waals surface area contributed by atoms with Gasteiger partial charge < -0.3 is 40.9 Å². The second-order valence-corrected chi connectivity index (χ2v) is 24.9. The van der Waals surface area contributed by atoms with E-state index in [0.717, 1.165) is 43.6 Å². The van der Waals surface area contributed by atoms with Crippen LogP contribution in [0.2, 0.25) is 5.02 Å². The topological polar surface area (TPSA) is 174 Å². The summed E-state index contributed by atoms with van der Waals surface area (Å²) < 4.78 is 68.2. The van der Waals surface area contributed by atoms with Crippen molar-refractivity contribution in [3.63, 3.8) is 0 Å². The minimum absolute atomic E-state index is 0.00235. The van der Waals surface area contributed by atoms with Gasteiger partial charge in [0.15, 0.2) is 5.82 Å². The lowest BCUT2D eigenvalue weighted by molar-refractivity contribution is -0.152. The third-order valence-electron chi connectivity index (χ3n) is 17.0. The van der Waals surface area contributed by atoms with Crippen LogP contribution in [0.1, 0.15) is 97.1 Å². The van der Waals surface area contributed by atoms with E-state index in [0.29, 0.717) is 61.2 Å². The number of hydrogen-bond acceptors (Lipinski definition) is 12. The van der Waals surface area contributed by atoms with E-state index >= 15 is 8.78 Å². The van der Waals surface area contributed by atoms with Crippen LogP contribution in [0.15, 0.2) is 60.7 Å². The van der Waals surface area contributed by atoms with Crippen LogP contribution in [0, 0.1) is 35.3 Å². The number of β-amino-alcohol motifs (C(OH)–C–C–N with tert-alkyl or cyclic N) is 1. The highest BCUT2D eigenvalue weighted by Gasteiger charge is 2.50. The minimum atomic E-state index is -1.00. The number of aliphatic hydroxyl groups excluding tert-OH is 1. The SMILES string of the molecule is [C-]#[N+]c1c(N)sc2c(F)ccc(-c3c(Cl)cc4c(N5CC6CCC(C5)N6)nc(OC[C@@H]5CCCN5CCC[C@H]5CCC(=O)N5[C@H](C(=O)N5C[C@H](O)C[C@H]5C(=O)N[C@@H](C)c5ccc(-c6c(F)cccc6F)cc5)C(C)(C)C)nc4c3F)c12. The molecule has 0 aliphatic carbocycles. The molecule has 2 unspecified atom stereocenters. The van der Waals surface area contributed by atoms with E-state index in [9.17, 15) is 28.3 Å². The maximum atomic E-state index is 17.4. The Morgan fingerprint density at radius 2 is 1.70 bits per heavy atom. The highest BCUT2D eigenvalue weighted by molar-refractivity contribution is 7.23. The predicted octanol–water partition coefficient (Wildman–Crippen LogP) is 10.3. The Morgan fingerprint density at radius 3 is 2.41 bits per heavy atom. The number of fused-ring (bicyclic) bond motifs is 4. The fraction of sp³-hybridized carbons (Fsp3) is 0.467. The second kappa shape index (κ2) is 22.6. The summed E-state index contributed by atoms with van der Waals surface area (Å²) in [5.74, 6) is -3.24. The number of aliphatic hydroxyl groups is 1. The number of amides is 3. The van der Waals surface area contributed by atoms with Gasteiger partial charge in [-0.3, -0.25) is 19.3 Å². The van der Waals surface area contributed by atoms with Crippen LogP contribution in [-0.2, 0) is 14.4 Å². The Morgan fingerprint density at radius 1 is 0.975 bits per heavy atom. The molecule has 6 aromatic rings. The number of carbonyl (C=O) groups is 3. The summed E-state index contributed by atoms with van der Waals surface area (Å²) in [5.41, 5.74) is 6.49. The molecule has 0 spiro atoms. The average molecular weight is 1150 g/mol. The van der Waals surface area contributed by atoms with E-state index in [1.807, 2.05) is 20.8 Å². The van der Waals surface area contributed by atoms with Crippen molar-refractivity contribution in [2.75, 3.05) is 50.0 Å². The molecule has 0 saturated carbocycles. The zero-order valence-corrected chi connectivity index (χ0v) is 47.2. The number of nitrogens with one attached hydrogen (secondary N) is 2. The zero-order valence-electron chi connectivity index (χ0n) is 45.6. The highest BCUT2D eigenvalue weighted by Crippen LogP contribution is 2.49. The van der Waals surface area contributed by atoms with Crippen molar-refractivity contribution in [1.82, 2.24) is 35.3 Å². The molecule has 11 rings (SSSR count). The van der Waals surface area contributed by atoms with Crippen molar-refractivity contribution in [1.29, 1.82) is 0 Å². The molecule has 7 heterocycles. The van der Waals surface area contributed by atoms with Gasteiger partial charge in [0.1, 0.15) is 47.5 Å². The molecule has 8 atom stereocenters. The third kappa shape index (κ3) is 10.9. The van der Waals surface area contributed by atoms with Crippen molar-refractivity contribution in [2.45, 2.75) is 134 Å². The molecule has 4 aromatic carbocycles. The number of likely N-dealkylation sites (tertiary alicyclic amines) is 3. The van der Waals surface area contributed by atoms with Crippen molar-refractivity contribution in [3.8, 4) is 28.3 Å². The van der Waals surface area contributed by atoms with Gasteiger partial charge in [0.25, 0.3) is 0 Å². The fourth-order valence-electron chi connectivity index (χ4n) is 13.1. The minimum Gasteiger partial charge on any atom is -0.462 e. The highest BCUT2D eigenvalue weighted by atomic mass is 35.5. The lowest BCUT2D eigenvalue weighted by Gasteiger charge is -2.43. The van der Waals surface area contributed by atoms with Gasteiger partial charge in [-0.2, -0.15) is 9.97 Å². The van der Waals surface area contributed by atoms with Crippen LogP contribution in [0.4, 0.5) is 34.1 Å². The van der Waals surface area contributed by atoms with E-state index in [4.69, 9.17) is 38.6 Å². The third-order valence-corrected chi connectivity index (χ3v) is 18.3. The lowest BCUT2D eigenvalue weighted by atomic mass is 9.83. The molecule has 21 heteroatoms. The van der Waals surface area contributed by atoms with E-state index in [-0.39, 0.29) is 110 Å². The number of carbonyl (C=O) groups excluding carboxylic acids is 3. The standard InChI is InChI=1S/C60H65ClF4N10O5S/c1-31(32-13-15-33(16-14-32)47-42(62)11-6-12-43(47)63)68-57(78)45-25-38(76)29-74(45)58(79)54(60(2,3)4)75-36(19-22-46(75)77)9-7-23-72-24-8-10-37(72)30-80-59-70-51-40(56(71-59)73-27-34-17-18-35(28-73)69-34)26-41(61)48(50(51)65)39-20-21-44(64)53-49(39)52(67-5)55(66)81-53/h6,11-16,20-21,26,31,34-38,45,54,69,76H,7-10,17-19,22-25,27-30,66H2,1-4H3,(H,68,78)/t31-,34?,35?,36-,37-,38+,45-,54+/m0/s1. The number of aromatic nitrogens is 2. The molecule has 3 amide bonds. The lowest BCUT2D eigenvalue weighted by Crippen LogP contribution is -2.59. The Labute approximate surface area is 476 Å². The molecule has 0 radical (unpaired) electrons. The zero-order chi connectivity index (χ0) is 57.2. The van der Waals surface area contributed by atoms with Gasteiger partial charge in [-0.25, -0.2) is 22.4 Å². The summed E-state index contributed by atoms with van der Waals surface area (Å²) in [4.78, 5) is 63.8. The molecule has 5 N–H and O–H groups in total. The average Bonchev–Trinajstić information content (AvgIpc) is 4.45. The number of nitrogens with two attached hydrogens (primary N) is 1. The number of nitrogens with zero attached hydrogens (tertiary/aromatic N) is 7. The quantitative estimate of drug-likeness (QED) is 0.0569. The smallest absolute Gasteiger partial charge is 0.319 e. The Kier molecular flexibility index (Phi) is 15.7. The van der Waals surface area contributed by atoms with E-state index in [1.165, 1.54) is 35.2 Å². The molecule has 426 valence electrons. The summed E-state index contributed by atoms with van der Waals surface area (Å²) in [5, 5.41) is 18.3. The van der Waals surface area contributed by atoms with Crippen molar-refractivity contribution in [3.05, 3.63) is 106 Å². The first kappa shape index (κ1) is 56.2. The summed E-state index contributed by atoms with van der Waals surface area (Å²) in [7, 11) is 0. The summed E-state index contributed by atoms with van der Waals surface area (Å²) in [6.07, 6.45) is 4.95. The molecule has 15 nitrogen and oxygen atoms in total. The van der Waals surface area contributed by atoms with Crippen LogP contribution in [0.3, 0.4) is 0 Å². The first-order valence-electron chi connectivity index (χ1n) is 27.9. The summed E-state index contributed by atoms with van der Waals surface area (Å²) >= 11 is 7.91. The fourth-order valence-corrected chi connectivity index (χ4v) is 14.4. The van der Waals surface area contributed by atoms with E-state index in [1.54, 1.807) is 42.2 Å². The maximum Gasteiger partial charge on any atom is 0.319 e. The van der Waals surface area contributed by atoms with E-state index < -0.39 is 64.7 Å². The molecule has 2 bridgehead atoms. The Balaban J connectivity index is 0.775. The van der Waals surface area contributed by atoms with Gasteiger partial charge >= 0.3 is 6.01 Å². The number of hydrogen-bond donors (Lipinski definition) is 4. The van der Waals surface area contributed by atoms with Gasteiger partial charge in [-0.1, -0.05) is 68.8 Å². The summed E-state index contributed by atoms with van der Waals surface area (Å²) in [6, 6.07) is 12.2. The predicted molar refractivity (Wildman–Crippen MR) is 305 cm³/mol. The van der Waals surface area contributed by atoms with Gasteiger partial charge in [0, 0.05) is 73.0 Å². The van der Waals surface area contributed by atoms with Gasteiger partial charge in [-0.15, -0.1) is 11.3 Å². The van der Waals surface area contributed by atoms with Crippen LogP contribution < -0.4 is 26.0 Å². The van der Waals surface area contributed by atoms with Crippen LogP contribution in [0.5, 0.6) is 6.01 Å². The summed E-state index contributed by atoms with van der Waals surface area (Å²) in [6.45, 7) is 18.2. The van der Waals surface area contributed by atoms with Gasteiger partial charge in [0.2, 0.25) is 23.4 Å². The van der Waals surface area contributed by atoms with Crippen LogP contribution in [-0.4, -0.2) is 129 Å². The Hall–Kier alpha value is -6.63. The van der Waals surface area contributed by atoms with Gasteiger partial charge in [-0.05, 0) is 111 Å². The van der Waals surface area contributed by atoms with Crippen molar-refractivity contribution < 1.29 is 41.8 Å². The second-order valence-electron chi connectivity index (χ2n) is 23.4. The molecule has 5 aliphatic rings. The molecule has 5 aliphatic heterocycles. The number of benzene rings is 4. The molecular weight excluding hydrogens is 1080 g/mol. The van der Waals surface area contributed by atoms with Crippen molar-refractivity contribution in [2.24, 2.45) is 5.41 Å². The number of ether oxygens (including phenoxy) is 1. The number of halogens is 5. The first-order chi connectivity index (χ1) is 38.8. The number of rotatable bonds is 15. The molecule has 81 heavy (non-hydrogen) atoms. The van der Waals surface area contributed by atoms with Crippen LogP contribution in [0.25, 0.3) is 48.1 Å².